The van der Waals surface area contributed by atoms with Crippen LogP contribution in [0.4, 0.5) is 0 Å². The molecule has 1 aliphatic carbocycles. The van der Waals surface area contributed by atoms with Crippen LogP contribution in [0.1, 0.15) is 38.5 Å². The molecule has 7 nitrogen and oxygen atoms in total. The molecular weight excluding hydrogens is 336 g/mol. The van der Waals surface area contributed by atoms with Crippen molar-refractivity contribution in [3.63, 3.8) is 0 Å². The van der Waals surface area contributed by atoms with Gasteiger partial charge in [-0.3, -0.25) is 9.89 Å². The van der Waals surface area contributed by atoms with E-state index in [4.69, 9.17) is 0 Å². The molecule has 1 atom stereocenters. The van der Waals surface area contributed by atoms with Crippen molar-refractivity contribution >= 4 is 27.5 Å². The van der Waals surface area contributed by atoms with E-state index in [1.54, 1.807) is 0 Å². The van der Waals surface area contributed by atoms with Gasteiger partial charge in [0.05, 0.1) is 17.3 Å². The number of H-pyrrole nitrogens is 1. The van der Waals surface area contributed by atoms with Crippen LogP contribution < -0.4 is 0 Å². The minimum absolute atomic E-state index is 0.0143. The van der Waals surface area contributed by atoms with Gasteiger partial charge in [-0.2, -0.15) is 5.10 Å². The average molecular weight is 358 g/mol. The number of hydrogen-bond acceptors (Lipinski definition) is 6. The number of nitrogens with zero attached hydrogens (tertiary/aromatic N) is 3. The van der Waals surface area contributed by atoms with Crippen LogP contribution in [-0.4, -0.2) is 63.7 Å². The Morgan fingerprint density at radius 2 is 2.04 bits per heavy atom. The highest BCUT2D eigenvalue weighted by atomic mass is 32.2. The molecule has 3 rings (SSSR count). The Kier molecular flexibility index (Phi) is 5.25. The Morgan fingerprint density at radius 1 is 1.26 bits per heavy atom. The first kappa shape index (κ1) is 16.8. The highest BCUT2D eigenvalue weighted by molar-refractivity contribution is 7.99. The van der Waals surface area contributed by atoms with E-state index in [-0.39, 0.29) is 35.2 Å². The zero-order valence-corrected chi connectivity index (χ0v) is 14.6. The minimum atomic E-state index is -3.00. The Labute approximate surface area is 140 Å². The second-order valence-corrected chi connectivity index (χ2v) is 9.42. The fraction of sp³-hybridized carbons (Fsp3) is 0.786. The standard InChI is InChI=1S/C14H22N4O3S2/c19-13(8-22-14-15-10-16-17-14)18(11-4-2-1-3-5-11)12-6-7-23(20,21)9-12/h10-12H,1-9H2,(H,15,16,17)/t12-/m1/s1. The number of aromatic nitrogens is 3. The number of nitrogens with one attached hydrogen (secondary N) is 1. The van der Waals surface area contributed by atoms with Crippen LogP contribution in [0.2, 0.25) is 0 Å². The largest absolute Gasteiger partial charge is 0.335 e. The first-order valence-electron chi connectivity index (χ1n) is 8.05. The molecule has 0 bridgehead atoms. The zero-order valence-electron chi connectivity index (χ0n) is 13.0. The molecule has 1 aromatic heterocycles. The van der Waals surface area contributed by atoms with Gasteiger partial charge in [0.1, 0.15) is 6.33 Å². The van der Waals surface area contributed by atoms with E-state index in [9.17, 15) is 13.2 Å². The maximum absolute atomic E-state index is 12.8. The monoisotopic (exact) mass is 358 g/mol. The van der Waals surface area contributed by atoms with Crippen LogP contribution >= 0.6 is 11.8 Å². The number of amides is 1. The van der Waals surface area contributed by atoms with Gasteiger partial charge in [0.15, 0.2) is 15.0 Å². The molecule has 2 fully saturated rings. The summed E-state index contributed by atoms with van der Waals surface area (Å²) in [5.41, 5.74) is 0. The number of hydrogen-bond donors (Lipinski definition) is 1. The number of thioether (sulfide) groups is 1. The summed E-state index contributed by atoms with van der Waals surface area (Å²) in [6, 6.07) is 0.0239. The molecule has 23 heavy (non-hydrogen) atoms. The van der Waals surface area contributed by atoms with Crippen LogP contribution in [0.5, 0.6) is 0 Å². The molecule has 1 saturated carbocycles. The minimum Gasteiger partial charge on any atom is -0.335 e. The molecule has 0 aromatic carbocycles. The van der Waals surface area contributed by atoms with Gasteiger partial charge in [-0.15, -0.1) is 0 Å². The van der Waals surface area contributed by atoms with Crippen LogP contribution in [0.15, 0.2) is 11.5 Å². The quantitative estimate of drug-likeness (QED) is 0.796. The van der Waals surface area contributed by atoms with Crippen LogP contribution in [-0.2, 0) is 14.6 Å². The SMILES string of the molecule is O=C(CSc1ncn[nH]1)N(C1CCCCC1)[C@@H]1CCS(=O)(=O)C1. The summed E-state index contributed by atoms with van der Waals surface area (Å²) in [4.78, 5) is 18.7. The third-order valence-corrected chi connectivity index (χ3v) is 7.19. The van der Waals surface area contributed by atoms with Gasteiger partial charge in [-0.25, -0.2) is 13.4 Å². The maximum atomic E-state index is 12.8. The average Bonchev–Trinajstić information content (AvgIpc) is 3.16. The Bertz CT molecular complexity index is 626. The summed E-state index contributed by atoms with van der Waals surface area (Å²) < 4.78 is 23.7. The highest BCUT2D eigenvalue weighted by Crippen LogP contribution is 2.29. The number of carbonyl (C=O) groups excluding carboxylic acids is 1. The topological polar surface area (TPSA) is 96.0 Å². The first-order valence-corrected chi connectivity index (χ1v) is 10.9. The Morgan fingerprint density at radius 3 is 2.65 bits per heavy atom. The van der Waals surface area contributed by atoms with Crippen molar-refractivity contribution in [3.8, 4) is 0 Å². The maximum Gasteiger partial charge on any atom is 0.233 e. The first-order chi connectivity index (χ1) is 11.1. The van der Waals surface area contributed by atoms with E-state index >= 15 is 0 Å². The molecule has 1 aromatic rings. The lowest BCUT2D eigenvalue weighted by Crippen LogP contribution is -2.49. The van der Waals surface area contributed by atoms with E-state index < -0.39 is 9.84 Å². The third-order valence-electron chi connectivity index (χ3n) is 4.58. The fourth-order valence-corrected chi connectivity index (χ4v) is 5.89. The molecule has 128 valence electrons. The van der Waals surface area contributed by atoms with Gasteiger partial charge in [0.2, 0.25) is 5.91 Å². The lowest BCUT2D eigenvalue weighted by molar-refractivity contribution is -0.133. The smallest absolute Gasteiger partial charge is 0.233 e. The zero-order chi connectivity index (χ0) is 16.3. The summed E-state index contributed by atoms with van der Waals surface area (Å²) in [5.74, 6) is 0.592. The van der Waals surface area contributed by atoms with E-state index in [0.717, 1.165) is 25.7 Å². The molecule has 1 amide bonds. The summed E-state index contributed by atoms with van der Waals surface area (Å²) >= 11 is 1.32. The summed E-state index contributed by atoms with van der Waals surface area (Å²) in [6.07, 6.45) is 7.37. The molecule has 0 spiro atoms. The lowest BCUT2D eigenvalue weighted by atomic mass is 9.93. The van der Waals surface area contributed by atoms with Crippen molar-refractivity contribution in [2.75, 3.05) is 17.3 Å². The number of rotatable bonds is 5. The highest BCUT2D eigenvalue weighted by Gasteiger charge is 2.38. The van der Waals surface area contributed by atoms with Gasteiger partial charge in [-0.1, -0.05) is 31.0 Å². The van der Waals surface area contributed by atoms with Gasteiger partial charge < -0.3 is 4.90 Å². The summed E-state index contributed by atoms with van der Waals surface area (Å²) in [5, 5.41) is 7.11. The van der Waals surface area contributed by atoms with Crippen molar-refractivity contribution in [2.45, 2.75) is 55.8 Å². The summed E-state index contributed by atoms with van der Waals surface area (Å²) in [7, 11) is -3.00. The molecule has 0 unspecified atom stereocenters. The molecule has 1 N–H and O–H groups in total. The van der Waals surface area contributed by atoms with E-state index in [0.29, 0.717) is 11.6 Å². The van der Waals surface area contributed by atoms with Crippen molar-refractivity contribution in [1.29, 1.82) is 0 Å². The predicted octanol–water partition coefficient (Wildman–Crippen LogP) is 1.25. The third kappa shape index (κ3) is 4.26. The number of sulfone groups is 1. The summed E-state index contributed by atoms with van der Waals surface area (Å²) in [6.45, 7) is 0. The van der Waals surface area contributed by atoms with Gasteiger partial charge in [0, 0.05) is 12.1 Å². The molecule has 0 radical (unpaired) electrons. The molecule has 2 aliphatic rings. The lowest BCUT2D eigenvalue weighted by Gasteiger charge is -2.38. The second kappa shape index (κ2) is 7.21. The van der Waals surface area contributed by atoms with Crippen molar-refractivity contribution in [2.24, 2.45) is 0 Å². The van der Waals surface area contributed by atoms with E-state index in [1.807, 2.05) is 4.90 Å². The van der Waals surface area contributed by atoms with E-state index in [1.165, 1.54) is 24.5 Å². The Balaban J connectivity index is 1.70. The van der Waals surface area contributed by atoms with Crippen molar-refractivity contribution < 1.29 is 13.2 Å². The van der Waals surface area contributed by atoms with Crippen molar-refractivity contribution in [1.82, 2.24) is 20.1 Å². The van der Waals surface area contributed by atoms with Crippen LogP contribution in [0, 0.1) is 0 Å². The van der Waals surface area contributed by atoms with Crippen molar-refractivity contribution in [3.05, 3.63) is 6.33 Å². The Hall–Kier alpha value is -1.09. The molecule has 1 aliphatic heterocycles. The molecule has 2 heterocycles. The molecular formula is C14H22N4O3S2. The number of aromatic amines is 1. The normalized spacial score (nSPS) is 24.6. The predicted molar refractivity (Wildman–Crippen MR) is 87.9 cm³/mol. The van der Waals surface area contributed by atoms with Crippen LogP contribution in [0.25, 0.3) is 0 Å². The molecule has 1 saturated heterocycles. The van der Waals surface area contributed by atoms with Gasteiger partial charge in [-0.05, 0) is 19.3 Å². The second-order valence-electron chi connectivity index (χ2n) is 6.23. The number of carbonyl (C=O) groups is 1. The fourth-order valence-electron chi connectivity index (χ4n) is 3.53. The molecule has 9 heteroatoms. The van der Waals surface area contributed by atoms with Gasteiger partial charge >= 0.3 is 0 Å². The van der Waals surface area contributed by atoms with Crippen LogP contribution in [0.3, 0.4) is 0 Å². The van der Waals surface area contributed by atoms with E-state index in [2.05, 4.69) is 15.2 Å². The van der Waals surface area contributed by atoms with Gasteiger partial charge in [0.25, 0.3) is 0 Å².